The van der Waals surface area contributed by atoms with Gasteiger partial charge in [0, 0.05) is 12.1 Å². The maximum atomic E-state index is 3.74. The Morgan fingerprint density at radius 2 is 2.00 bits per heavy atom. The summed E-state index contributed by atoms with van der Waals surface area (Å²) in [6.45, 7) is 7.47. The van der Waals surface area contributed by atoms with Gasteiger partial charge in [0.25, 0.3) is 0 Å². The van der Waals surface area contributed by atoms with Gasteiger partial charge < -0.3 is 5.32 Å². The predicted octanol–water partition coefficient (Wildman–Crippen LogP) is 2.85. The Labute approximate surface area is 87.0 Å². The van der Waals surface area contributed by atoms with Gasteiger partial charge in [0.05, 0.1) is 0 Å². The summed E-state index contributed by atoms with van der Waals surface area (Å²) in [5.41, 5.74) is 0. The summed E-state index contributed by atoms with van der Waals surface area (Å²) in [5, 5.41) is 3.53. The van der Waals surface area contributed by atoms with Crippen LogP contribution >= 0.6 is 12.4 Å². The van der Waals surface area contributed by atoms with Crippen molar-refractivity contribution in [2.75, 3.05) is 0 Å². The van der Waals surface area contributed by atoms with Crippen molar-refractivity contribution >= 4 is 12.4 Å². The molecule has 1 heterocycles. The summed E-state index contributed by atoms with van der Waals surface area (Å²) in [4.78, 5) is 0. The van der Waals surface area contributed by atoms with Crippen molar-refractivity contribution in [1.82, 2.24) is 5.32 Å². The van der Waals surface area contributed by atoms with Gasteiger partial charge >= 0.3 is 0 Å². The minimum absolute atomic E-state index is 0. The minimum atomic E-state index is 0. The third-order valence-corrected chi connectivity index (χ3v) is 2.11. The van der Waals surface area contributed by atoms with Crippen molar-refractivity contribution < 1.29 is 0 Å². The fourth-order valence-electron chi connectivity index (χ4n) is 1.53. The van der Waals surface area contributed by atoms with Crippen LogP contribution in [-0.2, 0) is 0 Å². The van der Waals surface area contributed by atoms with Crippen LogP contribution in [-0.4, -0.2) is 12.1 Å². The molecular weight excluding hydrogens is 182 g/mol. The molecular formula is C11H18ClN. The van der Waals surface area contributed by atoms with Crippen LogP contribution in [0, 0.1) is 0 Å². The second-order valence-electron chi connectivity index (χ2n) is 3.18. The van der Waals surface area contributed by atoms with E-state index in [-0.39, 0.29) is 12.4 Å². The lowest BCUT2D eigenvalue weighted by Crippen LogP contribution is -2.38. The molecule has 2 atom stereocenters. The van der Waals surface area contributed by atoms with Gasteiger partial charge in [-0.05, 0) is 19.3 Å². The third-order valence-electron chi connectivity index (χ3n) is 2.11. The van der Waals surface area contributed by atoms with E-state index in [9.17, 15) is 0 Å². The first-order valence-electron chi connectivity index (χ1n) is 4.51. The highest BCUT2D eigenvalue weighted by Gasteiger charge is 2.13. The van der Waals surface area contributed by atoms with Crippen LogP contribution in [0.1, 0.15) is 19.3 Å². The zero-order valence-corrected chi connectivity index (χ0v) is 8.72. The molecule has 1 aliphatic heterocycles. The molecule has 1 N–H and O–H groups in total. The molecule has 0 aliphatic carbocycles. The molecule has 1 rings (SSSR count). The molecule has 1 nitrogen and oxygen atoms in total. The van der Waals surface area contributed by atoms with Crippen LogP contribution in [0.3, 0.4) is 0 Å². The maximum Gasteiger partial charge on any atom is 0.0287 e. The molecule has 13 heavy (non-hydrogen) atoms. The summed E-state index contributed by atoms with van der Waals surface area (Å²) in [6.07, 6.45) is 11.6. The smallest absolute Gasteiger partial charge is 0.0287 e. The van der Waals surface area contributed by atoms with Gasteiger partial charge in [-0.2, -0.15) is 0 Å². The fourth-order valence-corrected chi connectivity index (χ4v) is 1.53. The molecule has 0 fully saturated rings. The van der Waals surface area contributed by atoms with E-state index in [0.29, 0.717) is 12.1 Å². The molecule has 74 valence electrons. The van der Waals surface area contributed by atoms with E-state index in [1.807, 2.05) is 12.2 Å². The zero-order chi connectivity index (χ0) is 8.81. The van der Waals surface area contributed by atoms with E-state index in [0.717, 1.165) is 19.3 Å². The first-order valence-corrected chi connectivity index (χ1v) is 4.51. The van der Waals surface area contributed by atoms with Gasteiger partial charge in [-0.15, -0.1) is 25.6 Å². The second-order valence-corrected chi connectivity index (χ2v) is 3.18. The average Bonchev–Trinajstić information content (AvgIpc) is 2.06. The van der Waals surface area contributed by atoms with Gasteiger partial charge in [0.2, 0.25) is 0 Å². The molecule has 1 aliphatic rings. The first-order chi connectivity index (χ1) is 5.86. The van der Waals surface area contributed by atoms with E-state index in [4.69, 9.17) is 0 Å². The molecule has 0 radical (unpaired) electrons. The monoisotopic (exact) mass is 199 g/mol. The molecule has 0 aromatic carbocycles. The number of nitrogens with one attached hydrogen (secondary N) is 1. The third kappa shape index (κ3) is 4.30. The molecule has 0 amide bonds. The Morgan fingerprint density at radius 3 is 2.62 bits per heavy atom. The molecule has 0 saturated carbocycles. The Bertz CT molecular complexity index is 187. The second kappa shape index (κ2) is 6.93. The number of rotatable bonds is 4. The number of halogens is 1. The van der Waals surface area contributed by atoms with Crippen LogP contribution < -0.4 is 5.32 Å². The Hall–Kier alpha value is -0.530. The standard InChI is InChI=1S/C11H17N.ClH/c1-3-6-10-8-5-9-11(12-10)7-4-2;/h3-5,8,10-12H,1-2,6-7,9H2;1H. The van der Waals surface area contributed by atoms with E-state index in [1.54, 1.807) is 0 Å². The number of hydrogen-bond donors (Lipinski definition) is 1. The lowest BCUT2D eigenvalue weighted by Gasteiger charge is -2.25. The zero-order valence-electron chi connectivity index (χ0n) is 7.91. The fraction of sp³-hybridized carbons (Fsp3) is 0.455. The van der Waals surface area contributed by atoms with Crippen molar-refractivity contribution in [1.29, 1.82) is 0 Å². The van der Waals surface area contributed by atoms with Crippen LogP contribution in [0.5, 0.6) is 0 Å². The predicted molar refractivity (Wildman–Crippen MR) is 61.3 cm³/mol. The molecule has 0 bridgehead atoms. The quantitative estimate of drug-likeness (QED) is 0.687. The van der Waals surface area contributed by atoms with Crippen molar-refractivity contribution in [3.63, 3.8) is 0 Å². The van der Waals surface area contributed by atoms with E-state index in [2.05, 4.69) is 30.6 Å². The summed E-state index contributed by atoms with van der Waals surface area (Å²) >= 11 is 0. The molecule has 0 spiro atoms. The molecule has 0 saturated heterocycles. The van der Waals surface area contributed by atoms with Gasteiger partial charge in [0.1, 0.15) is 0 Å². The van der Waals surface area contributed by atoms with Gasteiger partial charge in [0.15, 0.2) is 0 Å². The van der Waals surface area contributed by atoms with Crippen molar-refractivity contribution in [3.8, 4) is 0 Å². The topological polar surface area (TPSA) is 12.0 Å². The Balaban J connectivity index is 0.00000144. The largest absolute Gasteiger partial charge is 0.307 e. The van der Waals surface area contributed by atoms with Crippen molar-refractivity contribution in [2.24, 2.45) is 0 Å². The number of hydrogen-bond acceptors (Lipinski definition) is 1. The molecule has 2 heteroatoms. The maximum absolute atomic E-state index is 3.74. The van der Waals surface area contributed by atoms with E-state index < -0.39 is 0 Å². The minimum Gasteiger partial charge on any atom is -0.307 e. The van der Waals surface area contributed by atoms with Gasteiger partial charge in [-0.25, -0.2) is 0 Å². The SMILES string of the molecule is C=CCC1C=CCC(CC=C)N1.Cl. The highest BCUT2D eigenvalue weighted by molar-refractivity contribution is 5.85. The van der Waals surface area contributed by atoms with E-state index in [1.165, 1.54) is 0 Å². The molecule has 2 unspecified atom stereocenters. The van der Waals surface area contributed by atoms with Gasteiger partial charge in [-0.3, -0.25) is 0 Å². The average molecular weight is 200 g/mol. The van der Waals surface area contributed by atoms with Crippen LogP contribution in [0.4, 0.5) is 0 Å². The summed E-state index contributed by atoms with van der Waals surface area (Å²) in [7, 11) is 0. The highest BCUT2D eigenvalue weighted by Crippen LogP contribution is 2.10. The van der Waals surface area contributed by atoms with Crippen molar-refractivity contribution in [3.05, 3.63) is 37.5 Å². The highest BCUT2D eigenvalue weighted by atomic mass is 35.5. The first kappa shape index (κ1) is 12.5. The summed E-state index contributed by atoms with van der Waals surface area (Å²) in [6, 6.07) is 1.07. The lowest BCUT2D eigenvalue weighted by molar-refractivity contribution is 0.455. The van der Waals surface area contributed by atoms with Crippen LogP contribution in [0.2, 0.25) is 0 Å². The Morgan fingerprint density at radius 1 is 1.31 bits per heavy atom. The molecule has 0 aromatic heterocycles. The molecule has 0 aromatic rings. The summed E-state index contributed by atoms with van der Waals surface area (Å²) in [5.74, 6) is 0. The van der Waals surface area contributed by atoms with E-state index >= 15 is 0 Å². The summed E-state index contributed by atoms with van der Waals surface area (Å²) < 4.78 is 0. The van der Waals surface area contributed by atoms with Gasteiger partial charge in [-0.1, -0.05) is 24.3 Å². The Kier molecular flexibility index (Phi) is 6.65. The van der Waals surface area contributed by atoms with Crippen LogP contribution in [0.25, 0.3) is 0 Å². The van der Waals surface area contributed by atoms with Crippen molar-refractivity contribution in [2.45, 2.75) is 31.3 Å². The lowest BCUT2D eigenvalue weighted by atomic mass is 10.0. The van der Waals surface area contributed by atoms with Crippen LogP contribution in [0.15, 0.2) is 37.5 Å². The normalized spacial score (nSPS) is 26.2.